The normalized spacial score (nSPS) is 10.1. The average Bonchev–Trinajstić information content (AvgIpc) is 2.39. The van der Waals surface area contributed by atoms with E-state index in [2.05, 4.69) is 37.7 Å². The summed E-state index contributed by atoms with van der Waals surface area (Å²) in [5, 5.41) is 5.96. The summed E-state index contributed by atoms with van der Waals surface area (Å²) in [7, 11) is 1.74. The maximum absolute atomic E-state index is 5.58. The van der Waals surface area contributed by atoms with Crippen LogP contribution in [0.2, 0.25) is 0 Å². The fourth-order valence-electron chi connectivity index (χ4n) is 1.55. The van der Waals surface area contributed by atoms with Crippen LogP contribution in [0.5, 0.6) is 0 Å². The van der Waals surface area contributed by atoms with Crippen molar-refractivity contribution in [1.82, 2.24) is 15.0 Å². The average molecular weight is 244 g/mol. The molecule has 0 aliphatic heterocycles. The van der Waals surface area contributed by atoms with Gasteiger partial charge >= 0.3 is 0 Å². The van der Waals surface area contributed by atoms with Gasteiger partial charge in [0, 0.05) is 13.6 Å². The number of nitrogens with two attached hydrogens (primary N) is 1. The molecule has 94 valence electrons. The highest BCUT2D eigenvalue weighted by Crippen LogP contribution is 2.06. The summed E-state index contributed by atoms with van der Waals surface area (Å²) < 4.78 is 0. The SMILES string of the molecule is CNc1nc(N)nc(NCCc2ccccc2)n1. The standard InChI is InChI=1S/C12H16N6/c1-14-11-16-10(13)17-12(18-11)15-8-7-9-5-3-2-4-6-9/h2-6H,7-8H2,1H3,(H4,13,14,15,16,17,18). The lowest BCUT2D eigenvalue weighted by Gasteiger charge is -2.06. The summed E-state index contributed by atoms with van der Waals surface area (Å²) in [6.07, 6.45) is 0.904. The Hall–Kier alpha value is -2.37. The number of nitrogens with zero attached hydrogens (tertiary/aromatic N) is 3. The van der Waals surface area contributed by atoms with E-state index in [0.29, 0.717) is 11.9 Å². The minimum absolute atomic E-state index is 0.205. The Morgan fingerprint density at radius 1 is 1.06 bits per heavy atom. The van der Waals surface area contributed by atoms with Crippen molar-refractivity contribution >= 4 is 17.8 Å². The van der Waals surface area contributed by atoms with E-state index in [1.807, 2.05) is 18.2 Å². The van der Waals surface area contributed by atoms with Crippen LogP contribution in [0.25, 0.3) is 0 Å². The predicted octanol–water partition coefficient (Wildman–Crippen LogP) is 1.15. The van der Waals surface area contributed by atoms with Gasteiger partial charge in [-0.05, 0) is 12.0 Å². The zero-order valence-corrected chi connectivity index (χ0v) is 10.2. The topological polar surface area (TPSA) is 88.8 Å². The molecule has 2 rings (SSSR count). The molecule has 0 fully saturated rings. The third-order valence-electron chi connectivity index (χ3n) is 2.42. The van der Waals surface area contributed by atoms with Crippen molar-refractivity contribution in [2.75, 3.05) is 30.0 Å². The number of nitrogens with one attached hydrogen (secondary N) is 2. The van der Waals surface area contributed by atoms with Crippen molar-refractivity contribution in [3.63, 3.8) is 0 Å². The minimum Gasteiger partial charge on any atom is -0.368 e. The van der Waals surface area contributed by atoms with Crippen molar-refractivity contribution in [3.05, 3.63) is 35.9 Å². The van der Waals surface area contributed by atoms with Gasteiger partial charge in [0.25, 0.3) is 0 Å². The molecular weight excluding hydrogens is 228 g/mol. The minimum atomic E-state index is 0.205. The van der Waals surface area contributed by atoms with E-state index in [9.17, 15) is 0 Å². The predicted molar refractivity (Wildman–Crippen MR) is 72.4 cm³/mol. The Kier molecular flexibility index (Phi) is 3.90. The first kappa shape index (κ1) is 12.1. The number of benzene rings is 1. The van der Waals surface area contributed by atoms with Gasteiger partial charge in [0.15, 0.2) is 0 Å². The highest BCUT2D eigenvalue weighted by molar-refractivity contribution is 5.39. The van der Waals surface area contributed by atoms with E-state index < -0.39 is 0 Å². The van der Waals surface area contributed by atoms with E-state index >= 15 is 0 Å². The zero-order chi connectivity index (χ0) is 12.8. The molecule has 6 heteroatoms. The highest BCUT2D eigenvalue weighted by Gasteiger charge is 2.02. The first-order chi connectivity index (χ1) is 8.78. The van der Waals surface area contributed by atoms with Crippen molar-refractivity contribution in [2.24, 2.45) is 0 Å². The van der Waals surface area contributed by atoms with E-state index in [4.69, 9.17) is 5.73 Å². The molecule has 1 heterocycles. The molecule has 2 aromatic rings. The second kappa shape index (κ2) is 5.81. The lowest BCUT2D eigenvalue weighted by molar-refractivity contribution is 0.969. The molecule has 0 spiro atoms. The Balaban J connectivity index is 1.92. The third kappa shape index (κ3) is 3.31. The fourth-order valence-corrected chi connectivity index (χ4v) is 1.55. The first-order valence-corrected chi connectivity index (χ1v) is 5.75. The molecule has 0 radical (unpaired) electrons. The van der Waals surface area contributed by atoms with Crippen molar-refractivity contribution in [3.8, 4) is 0 Å². The Morgan fingerprint density at radius 2 is 1.78 bits per heavy atom. The Bertz CT molecular complexity index is 499. The van der Waals surface area contributed by atoms with Crippen molar-refractivity contribution in [1.29, 1.82) is 0 Å². The molecule has 0 bridgehead atoms. The highest BCUT2D eigenvalue weighted by atomic mass is 15.2. The second-order valence-electron chi connectivity index (χ2n) is 3.75. The van der Waals surface area contributed by atoms with Crippen LogP contribution in [-0.2, 0) is 6.42 Å². The monoisotopic (exact) mass is 244 g/mol. The molecule has 1 aromatic heterocycles. The van der Waals surface area contributed by atoms with Crippen molar-refractivity contribution in [2.45, 2.75) is 6.42 Å². The van der Waals surface area contributed by atoms with Gasteiger partial charge in [-0.25, -0.2) is 0 Å². The van der Waals surface area contributed by atoms with E-state index in [1.165, 1.54) is 5.56 Å². The molecule has 4 N–H and O–H groups in total. The summed E-state index contributed by atoms with van der Waals surface area (Å²) in [4.78, 5) is 12.1. The first-order valence-electron chi connectivity index (χ1n) is 5.75. The molecule has 1 aromatic carbocycles. The van der Waals surface area contributed by atoms with Gasteiger partial charge in [-0.2, -0.15) is 15.0 Å². The van der Waals surface area contributed by atoms with Crippen LogP contribution in [0.4, 0.5) is 17.8 Å². The van der Waals surface area contributed by atoms with Gasteiger partial charge in [0.2, 0.25) is 17.8 Å². The van der Waals surface area contributed by atoms with Crippen molar-refractivity contribution < 1.29 is 0 Å². The Morgan fingerprint density at radius 3 is 2.50 bits per heavy atom. The molecule has 0 saturated carbocycles. The maximum Gasteiger partial charge on any atom is 0.229 e. The zero-order valence-electron chi connectivity index (χ0n) is 10.2. The third-order valence-corrected chi connectivity index (χ3v) is 2.42. The molecular formula is C12H16N6. The summed E-state index contributed by atoms with van der Waals surface area (Å²) in [6.45, 7) is 0.747. The lowest BCUT2D eigenvalue weighted by atomic mass is 10.1. The smallest absolute Gasteiger partial charge is 0.229 e. The van der Waals surface area contributed by atoms with Gasteiger partial charge < -0.3 is 16.4 Å². The van der Waals surface area contributed by atoms with E-state index in [-0.39, 0.29) is 5.95 Å². The van der Waals surface area contributed by atoms with Crippen LogP contribution in [0, 0.1) is 0 Å². The van der Waals surface area contributed by atoms with Crippen LogP contribution >= 0.6 is 0 Å². The number of nitrogen functional groups attached to an aromatic ring is 1. The summed E-state index contributed by atoms with van der Waals surface area (Å²) in [5.74, 6) is 1.16. The Labute approximate surface area is 106 Å². The summed E-state index contributed by atoms with van der Waals surface area (Å²) >= 11 is 0. The van der Waals surface area contributed by atoms with Crippen LogP contribution < -0.4 is 16.4 Å². The van der Waals surface area contributed by atoms with Gasteiger partial charge in [0.1, 0.15) is 0 Å². The lowest BCUT2D eigenvalue weighted by Crippen LogP contribution is -2.11. The molecule has 6 nitrogen and oxygen atoms in total. The fraction of sp³-hybridized carbons (Fsp3) is 0.250. The quantitative estimate of drug-likeness (QED) is 0.731. The van der Waals surface area contributed by atoms with Gasteiger partial charge in [-0.1, -0.05) is 30.3 Å². The molecule has 18 heavy (non-hydrogen) atoms. The number of rotatable bonds is 5. The molecule has 0 atom stereocenters. The summed E-state index contributed by atoms with van der Waals surface area (Å²) in [6, 6.07) is 10.2. The number of aromatic nitrogens is 3. The van der Waals surface area contributed by atoms with Gasteiger partial charge in [-0.15, -0.1) is 0 Å². The van der Waals surface area contributed by atoms with E-state index in [0.717, 1.165) is 13.0 Å². The number of anilines is 3. The van der Waals surface area contributed by atoms with Crippen LogP contribution in [0.15, 0.2) is 30.3 Å². The van der Waals surface area contributed by atoms with Crippen LogP contribution in [0.3, 0.4) is 0 Å². The van der Waals surface area contributed by atoms with E-state index in [1.54, 1.807) is 7.05 Å². The maximum atomic E-state index is 5.58. The molecule has 0 unspecified atom stereocenters. The summed E-state index contributed by atoms with van der Waals surface area (Å²) in [5.41, 5.74) is 6.84. The van der Waals surface area contributed by atoms with Crippen LogP contribution in [-0.4, -0.2) is 28.5 Å². The number of hydrogen-bond donors (Lipinski definition) is 3. The number of hydrogen-bond acceptors (Lipinski definition) is 6. The molecule has 0 aliphatic carbocycles. The molecule has 0 amide bonds. The molecule has 0 aliphatic rings. The van der Waals surface area contributed by atoms with Gasteiger partial charge in [-0.3, -0.25) is 0 Å². The second-order valence-corrected chi connectivity index (χ2v) is 3.75. The van der Waals surface area contributed by atoms with Crippen LogP contribution in [0.1, 0.15) is 5.56 Å². The largest absolute Gasteiger partial charge is 0.368 e. The molecule has 0 saturated heterocycles. The van der Waals surface area contributed by atoms with Gasteiger partial charge in [0.05, 0.1) is 0 Å².